The molecule has 0 spiro atoms. The summed E-state index contributed by atoms with van der Waals surface area (Å²) in [6, 6.07) is 15.5. The molecule has 0 aliphatic rings. The zero-order valence-corrected chi connectivity index (χ0v) is 19.7. The second-order valence-electron chi connectivity index (χ2n) is 7.55. The number of rotatable bonds is 11. The van der Waals surface area contributed by atoms with Crippen molar-refractivity contribution in [3.63, 3.8) is 0 Å². The molecule has 3 aromatic rings. The minimum atomic E-state index is -0.455. The van der Waals surface area contributed by atoms with Crippen LogP contribution in [0.15, 0.2) is 60.0 Å². The van der Waals surface area contributed by atoms with Gasteiger partial charge in [-0.1, -0.05) is 42.0 Å². The van der Waals surface area contributed by atoms with Gasteiger partial charge in [-0.15, -0.1) is 11.3 Å². The van der Waals surface area contributed by atoms with E-state index in [9.17, 15) is 9.59 Å². The highest BCUT2D eigenvalue weighted by molar-refractivity contribution is 7.09. The highest BCUT2D eigenvalue weighted by Crippen LogP contribution is 2.16. The molecule has 1 aromatic heterocycles. The van der Waals surface area contributed by atoms with Crippen LogP contribution in [0.1, 0.15) is 33.8 Å². The number of esters is 1. The number of ether oxygens (including phenoxy) is 2. The second-order valence-corrected chi connectivity index (χ2v) is 8.61. The third-order valence-corrected chi connectivity index (χ3v) is 5.60. The number of nitrogens with zero attached hydrogens (tertiary/aromatic N) is 1. The number of aromatic nitrogens is 1. The smallest absolute Gasteiger partial charge is 0.330 e. The molecule has 2 aromatic carbocycles. The molecule has 0 bridgehead atoms. The quantitative estimate of drug-likeness (QED) is 0.254. The van der Waals surface area contributed by atoms with Gasteiger partial charge in [0.15, 0.2) is 0 Å². The van der Waals surface area contributed by atoms with E-state index in [2.05, 4.69) is 10.3 Å². The van der Waals surface area contributed by atoms with Crippen molar-refractivity contribution in [1.82, 2.24) is 10.3 Å². The SMILES string of the molecule is Cc1ccc(CCC(=O)NCCOC(=O)/C=C/c2ccc(OCc3csc(C)n3)cc2)cc1. The molecule has 0 saturated carbocycles. The molecule has 0 aliphatic heterocycles. The van der Waals surface area contributed by atoms with Gasteiger partial charge in [-0.05, 0) is 49.6 Å². The van der Waals surface area contributed by atoms with E-state index >= 15 is 0 Å². The van der Waals surface area contributed by atoms with Crippen molar-refractivity contribution in [2.24, 2.45) is 0 Å². The first-order chi connectivity index (χ1) is 16.0. The van der Waals surface area contributed by atoms with E-state index in [1.165, 1.54) is 11.6 Å². The lowest BCUT2D eigenvalue weighted by Crippen LogP contribution is -2.28. The Hall–Kier alpha value is -3.45. The maximum Gasteiger partial charge on any atom is 0.330 e. The van der Waals surface area contributed by atoms with Gasteiger partial charge >= 0.3 is 5.97 Å². The summed E-state index contributed by atoms with van der Waals surface area (Å²) < 4.78 is 10.8. The topological polar surface area (TPSA) is 77.5 Å². The Bertz CT molecular complexity index is 1070. The average molecular weight is 465 g/mol. The Morgan fingerprint density at radius 1 is 1.06 bits per heavy atom. The summed E-state index contributed by atoms with van der Waals surface area (Å²) in [6.07, 6.45) is 4.13. The summed E-state index contributed by atoms with van der Waals surface area (Å²) in [5.41, 5.74) is 4.09. The summed E-state index contributed by atoms with van der Waals surface area (Å²) in [4.78, 5) is 28.2. The van der Waals surface area contributed by atoms with Crippen LogP contribution in [0.5, 0.6) is 5.75 Å². The van der Waals surface area contributed by atoms with Crippen molar-refractivity contribution < 1.29 is 19.1 Å². The second kappa shape index (κ2) is 12.6. The Kier molecular flexibility index (Phi) is 9.20. The molecular formula is C26H28N2O4S. The lowest BCUT2D eigenvalue weighted by molar-refractivity contribution is -0.138. The minimum Gasteiger partial charge on any atom is -0.487 e. The average Bonchev–Trinajstić information content (AvgIpc) is 3.24. The van der Waals surface area contributed by atoms with Gasteiger partial charge in [0.05, 0.1) is 17.2 Å². The van der Waals surface area contributed by atoms with Gasteiger partial charge in [-0.25, -0.2) is 9.78 Å². The maximum atomic E-state index is 11.9. The van der Waals surface area contributed by atoms with E-state index in [0.29, 0.717) is 19.4 Å². The molecule has 1 N–H and O–H groups in total. The number of hydrogen-bond acceptors (Lipinski definition) is 6. The summed E-state index contributed by atoms with van der Waals surface area (Å²) in [5, 5.41) is 5.76. The first kappa shape index (κ1) is 24.2. The Morgan fingerprint density at radius 2 is 1.82 bits per heavy atom. The first-order valence-corrected chi connectivity index (χ1v) is 11.7. The summed E-state index contributed by atoms with van der Waals surface area (Å²) >= 11 is 1.60. The summed E-state index contributed by atoms with van der Waals surface area (Å²) in [6.45, 7) is 4.84. The van der Waals surface area contributed by atoms with E-state index < -0.39 is 5.97 Å². The molecule has 3 rings (SSSR count). The van der Waals surface area contributed by atoms with Crippen LogP contribution in [-0.2, 0) is 27.4 Å². The van der Waals surface area contributed by atoms with E-state index in [1.54, 1.807) is 17.4 Å². The molecule has 1 heterocycles. The molecular weight excluding hydrogens is 436 g/mol. The Morgan fingerprint density at radius 3 is 2.52 bits per heavy atom. The zero-order valence-electron chi connectivity index (χ0n) is 18.9. The highest BCUT2D eigenvalue weighted by Gasteiger charge is 2.04. The van der Waals surface area contributed by atoms with Crippen molar-refractivity contribution in [1.29, 1.82) is 0 Å². The molecule has 172 valence electrons. The number of aryl methyl sites for hydroxylation is 3. The number of carbonyl (C=O) groups excluding carboxylic acids is 2. The van der Waals surface area contributed by atoms with Gasteiger partial charge < -0.3 is 14.8 Å². The van der Waals surface area contributed by atoms with Crippen molar-refractivity contribution in [3.05, 3.63) is 87.4 Å². The number of amides is 1. The van der Waals surface area contributed by atoms with Crippen molar-refractivity contribution in [2.75, 3.05) is 13.2 Å². The van der Waals surface area contributed by atoms with Crippen LogP contribution in [0.3, 0.4) is 0 Å². The van der Waals surface area contributed by atoms with Crippen LogP contribution in [0.2, 0.25) is 0 Å². The molecule has 33 heavy (non-hydrogen) atoms. The number of thiazole rings is 1. The van der Waals surface area contributed by atoms with Crippen molar-refractivity contribution in [3.8, 4) is 5.75 Å². The normalized spacial score (nSPS) is 10.8. The van der Waals surface area contributed by atoms with E-state index in [-0.39, 0.29) is 19.1 Å². The predicted octanol–water partition coefficient (Wildman–Crippen LogP) is 4.64. The fourth-order valence-corrected chi connectivity index (χ4v) is 3.56. The molecule has 0 fully saturated rings. The fourth-order valence-electron chi connectivity index (χ4n) is 2.96. The van der Waals surface area contributed by atoms with Crippen LogP contribution >= 0.6 is 11.3 Å². The van der Waals surface area contributed by atoms with Crippen LogP contribution in [0, 0.1) is 13.8 Å². The van der Waals surface area contributed by atoms with Gasteiger partial charge in [-0.3, -0.25) is 4.79 Å². The van der Waals surface area contributed by atoms with Gasteiger partial charge in [0.1, 0.15) is 19.0 Å². The molecule has 6 nitrogen and oxygen atoms in total. The van der Waals surface area contributed by atoms with Gasteiger partial charge in [0, 0.05) is 17.9 Å². The molecule has 0 saturated heterocycles. The van der Waals surface area contributed by atoms with Crippen molar-refractivity contribution in [2.45, 2.75) is 33.3 Å². The Labute approximate surface area is 198 Å². The molecule has 0 aliphatic carbocycles. The van der Waals surface area contributed by atoms with Crippen LogP contribution in [0.25, 0.3) is 6.08 Å². The number of hydrogen-bond donors (Lipinski definition) is 1. The third kappa shape index (κ3) is 8.90. The predicted molar refractivity (Wildman–Crippen MR) is 130 cm³/mol. The summed E-state index contributed by atoms with van der Waals surface area (Å²) in [5.74, 6) is 0.219. The number of carbonyl (C=O) groups is 2. The first-order valence-electron chi connectivity index (χ1n) is 10.8. The van der Waals surface area contributed by atoms with Crippen molar-refractivity contribution >= 4 is 29.3 Å². The monoisotopic (exact) mass is 464 g/mol. The van der Waals surface area contributed by atoms with E-state index in [4.69, 9.17) is 9.47 Å². The lowest BCUT2D eigenvalue weighted by atomic mass is 10.1. The van der Waals surface area contributed by atoms with Gasteiger partial charge in [0.2, 0.25) is 5.91 Å². The molecule has 1 amide bonds. The fraction of sp³-hybridized carbons (Fsp3) is 0.269. The van der Waals surface area contributed by atoms with E-state index in [1.807, 2.05) is 67.8 Å². The molecule has 7 heteroatoms. The largest absolute Gasteiger partial charge is 0.487 e. The van der Waals surface area contributed by atoms with Crippen LogP contribution in [-0.4, -0.2) is 30.0 Å². The van der Waals surface area contributed by atoms with Gasteiger partial charge in [0.25, 0.3) is 0 Å². The Balaban J connectivity index is 1.30. The minimum absolute atomic E-state index is 0.0608. The van der Waals surface area contributed by atoms with Crippen LogP contribution < -0.4 is 10.1 Å². The molecule has 0 radical (unpaired) electrons. The molecule has 0 atom stereocenters. The van der Waals surface area contributed by atoms with Crippen LogP contribution in [0.4, 0.5) is 0 Å². The highest BCUT2D eigenvalue weighted by atomic mass is 32.1. The zero-order chi connectivity index (χ0) is 23.5. The summed E-state index contributed by atoms with van der Waals surface area (Å²) in [7, 11) is 0. The third-order valence-electron chi connectivity index (χ3n) is 4.78. The molecule has 0 unspecified atom stereocenters. The lowest BCUT2D eigenvalue weighted by Gasteiger charge is -2.06. The van der Waals surface area contributed by atoms with Gasteiger partial charge in [-0.2, -0.15) is 0 Å². The van der Waals surface area contributed by atoms with E-state index in [0.717, 1.165) is 27.6 Å². The standard InChI is InChI=1S/C26H28N2O4S/c1-19-3-5-21(6-4-19)9-13-25(29)27-15-16-31-26(30)14-10-22-7-11-24(12-8-22)32-17-23-18-33-20(2)28-23/h3-8,10-12,14,18H,9,13,15-17H2,1-2H3,(H,27,29)/b14-10+. The number of nitrogens with one attached hydrogen (secondary N) is 1. The number of benzene rings is 2. The maximum absolute atomic E-state index is 11.9.